The normalized spacial score (nSPS) is 23.3. The van der Waals surface area contributed by atoms with Crippen LogP contribution in [-0.4, -0.2) is 43.4 Å². The second-order valence-corrected chi connectivity index (χ2v) is 5.32. The van der Waals surface area contributed by atoms with Crippen molar-refractivity contribution in [3.8, 4) is 0 Å². The highest BCUT2D eigenvalue weighted by Gasteiger charge is 2.36. The van der Waals surface area contributed by atoms with Gasteiger partial charge < -0.3 is 16.0 Å². The number of nitrogens with one attached hydrogen (secondary N) is 1. The molecule has 2 amide bonds. The first kappa shape index (κ1) is 15.0. The average molecular weight is 255 g/mol. The first-order valence-corrected chi connectivity index (χ1v) is 6.69. The predicted octanol–water partition coefficient (Wildman–Crippen LogP) is 0.346. The second-order valence-electron chi connectivity index (χ2n) is 5.32. The largest absolute Gasteiger partial charge is 0.359 e. The fraction of sp³-hybridized carbons (Fsp3) is 0.846. The van der Waals surface area contributed by atoms with E-state index < -0.39 is 5.41 Å². The number of rotatable bonds is 4. The van der Waals surface area contributed by atoms with Gasteiger partial charge in [0, 0.05) is 26.7 Å². The summed E-state index contributed by atoms with van der Waals surface area (Å²) in [5.74, 6) is 0.0335. The molecule has 1 saturated heterocycles. The first-order chi connectivity index (χ1) is 8.48. The Hall–Kier alpha value is -1.10. The molecule has 0 aromatic carbocycles. The van der Waals surface area contributed by atoms with Crippen LogP contribution in [0.2, 0.25) is 0 Å². The highest BCUT2D eigenvalue weighted by molar-refractivity contribution is 5.84. The zero-order valence-corrected chi connectivity index (χ0v) is 11.7. The summed E-state index contributed by atoms with van der Waals surface area (Å²) in [5, 5.41) is 2.66. The van der Waals surface area contributed by atoms with Gasteiger partial charge in [-0.3, -0.25) is 9.59 Å². The average Bonchev–Trinajstić information content (AvgIpc) is 2.44. The van der Waals surface area contributed by atoms with E-state index in [-0.39, 0.29) is 17.7 Å². The number of hydrogen-bond donors (Lipinski definition) is 2. The fourth-order valence-electron chi connectivity index (χ4n) is 2.34. The third-order valence-corrected chi connectivity index (χ3v) is 4.07. The van der Waals surface area contributed by atoms with E-state index in [2.05, 4.69) is 5.32 Å². The molecule has 0 aliphatic carbocycles. The van der Waals surface area contributed by atoms with Gasteiger partial charge in [-0.05, 0) is 26.2 Å². The van der Waals surface area contributed by atoms with Gasteiger partial charge in [0.2, 0.25) is 11.8 Å². The number of hydrogen-bond acceptors (Lipinski definition) is 3. The lowest BCUT2D eigenvalue weighted by atomic mass is 9.84. The molecule has 1 aliphatic heterocycles. The van der Waals surface area contributed by atoms with Crippen LogP contribution in [0.25, 0.3) is 0 Å². The van der Waals surface area contributed by atoms with E-state index >= 15 is 0 Å². The topological polar surface area (TPSA) is 75.4 Å². The molecule has 0 radical (unpaired) electrons. The molecule has 18 heavy (non-hydrogen) atoms. The van der Waals surface area contributed by atoms with Gasteiger partial charge in [-0.2, -0.15) is 0 Å². The van der Waals surface area contributed by atoms with Crippen molar-refractivity contribution < 1.29 is 9.59 Å². The lowest BCUT2D eigenvalue weighted by Crippen LogP contribution is -2.51. The summed E-state index contributed by atoms with van der Waals surface area (Å²) < 4.78 is 0. The van der Waals surface area contributed by atoms with E-state index in [0.29, 0.717) is 13.1 Å². The Morgan fingerprint density at radius 3 is 2.67 bits per heavy atom. The number of likely N-dealkylation sites (tertiary alicyclic amines) is 1. The smallest absolute Gasteiger partial charge is 0.229 e. The molecular formula is C13H25N3O2. The third-order valence-electron chi connectivity index (χ3n) is 4.07. The maximum atomic E-state index is 12.5. The van der Waals surface area contributed by atoms with Crippen molar-refractivity contribution in [3.63, 3.8) is 0 Å². The van der Waals surface area contributed by atoms with Gasteiger partial charge in [0.1, 0.15) is 0 Å². The molecular weight excluding hydrogens is 230 g/mol. The van der Waals surface area contributed by atoms with Crippen LogP contribution in [0.15, 0.2) is 0 Å². The molecule has 0 spiro atoms. The first-order valence-electron chi connectivity index (χ1n) is 6.69. The second kappa shape index (κ2) is 6.18. The SMILES string of the molecule is CCC(C)(CN)C(=O)N1CCCC(C(=O)NC)C1. The molecule has 1 fully saturated rings. The lowest BCUT2D eigenvalue weighted by molar-refractivity contribution is -0.144. The van der Waals surface area contributed by atoms with Crippen molar-refractivity contribution in [2.75, 3.05) is 26.7 Å². The van der Waals surface area contributed by atoms with E-state index in [1.54, 1.807) is 11.9 Å². The van der Waals surface area contributed by atoms with Gasteiger partial charge in [-0.15, -0.1) is 0 Å². The molecule has 1 heterocycles. The summed E-state index contributed by atoms with van der Waals surface area (Å²) in [4.78, 5) is 25.9. The molecule has 1 rings (SSSR count). The monoisotopic (exact) mass is 255 g/mol. The van der Waals surface area contributed by atoms with Crippen LogP contribution in [0.1, 0.15) is 33.1 Å². The third kappa shape index (κ3) is 3.02. The maximum Gasteiger partial charge on any atom is 0.229 e. The number of nitrogens with two attached hydrogens (primary N) is 1. The Balaban J connectivity index is 2.72. The van der Waals surface area contributed by atoms with E-state index in [1.165, 1.54) is 0 Å². The molecule has 0 bridgehead atoms. The van der Waals surface area contributed by atoms with Crippen LogP contribution in [0.5, 0.6) is 0 Å². The number of carbonyl (C=O) groups is 2. The van der Waals surface area contributed by atoms with Gasteiger partial charge in [0.15, 0.2) is 0 Å². The summed E-state index contributed by atoms with van der Waals surface area (Å²) in [6, 6.07) is 0. The van der Waals surface area contributed by atoms with Crippen molar-refractivity contribution in [3.05, 3.63) is 0 Å². The Labute approximate surface area is 109 Å². The van der Waals surface area contributed by atoms with E-state index in [4.69, 9.17) is 5.73 Å². The minimum Gasteiger partial charge on any atom is -0.359 e. The van der Waals surface area contributed by atoms with Crippen molar-refractivity contribution in [1.82, 2.24) is 10.2 Å². The van der Waals surface area contributed by atoms with Crippen LogP contribution < -0.4 is 11.1 Å². The van der Waals surface area contributed by atoms with Crippen LogP contribution in [-0.2, 0) is 9.59 Å². The van der Waals surface area contributed by atoms with Crippen molar-refractivity contribution in [2.24, 2.45) is 17.1 Å². The highest BCUT2D eigenvalue weighted by Crippen LogP contribution is 2.26. The molecule has 0 saturated carbocycles. The van der Waals surface area contributed by atoms with Crippen molar-refractivity contribution >= 4 is 11.8 Å². The molecule has 0 aromatic heterocycles. The van der Waals surface area contributed by atoms with Gasteiger partial charge >= 0.3 is 0 Å². The van der Waals surface area contributed by atoms with Crippen LogP contribution >= 0.6 is 0 Å². The number of piperidine rings is 1. The molecule has 0 aromatic rings. The minimum absolute atomic E-state index is 0.0263. The molecule has 2 unspecified atom stereocenters. The molecule has 104 valence electrons. The summed E-state index contributed by atoms with van der Waals surface area (Å²) in [6.45, 7) is 5.49. The number of nitrogens with zero attached hydrogens (tertiary/aromatic N) is 1. The van der Waals surface area contributed by atoms with Crippen LogP contribution in [0.3, 0.4) is 0 Å². The van der Waals surface area contributed by atoms with Gasteiger partial charge in [-0.25, -0.2) is 0 Å². The number of amides is 2. The molecule has 5 heteroatoms. The van der Waals surface area contributed by atoms with Crippen LogP contribution in [0.4, 0.5) is 0 Å². The molecule has 2 atom stereocenters. The van der Waals surface area contributed by atoms with Gasteiger partial charge in [0.05, 0.1) is 11.3 Å². The Kier molecular flexibility index (Phi) is 5.14. The Morgan fingerprint density at radius 1 is 1.50 bits per heavy atom. The van der Waals surface area contributed by atoms with Gasteiger partial charge in [-0.1, -0.05) is 6.92 Å². The summed E-state index contributed by atoms with van der Waals surface area (Å²) in [7, 11) is 1.64. The Morgan fingerprint density at radius 2 is 2.17 bits per heavy atom. The van der Waals surface area contributed by atoms with E-state index in [9.17, 15) is 9.59 Å². The van der Waals surface area contributed by atoms with E-state index in [0.717, 1.165) is 25.8 Å². The highest BCUT2D eigenvalue weighted by atomic mass is 16.2. The molecule has 1 aliphatic rings. The lowest BCUT2D eigenvalue weighted by Gasteiger charge is -2.37. The van der Waals surface area contributed by atoms with Crippen molar-refractivity contribution in [1.29, 1.82) is 0 Å². The zero-order chi connectivity index (χ0) is 13.8. The van der Waals surface area contributed by atoms with Crippen LogP contribution in [0, 0.1) is 11.3 Å². The summed E-state index contributed by atoms with van der Waals surface area (Å²) in [5.41, 5.74) is 5.22. The quantitative estimate of drug-likeness (QED) is 0.761. The molecule has 3 N–H and O–H groups in total. The van der Waals surface area contributed by atoms with E-state index in [1.807, 2.05) is 13.8 Å². The van der Waals surface area contributed by atoms with Crippen molar-refractivity contribution in [2.45, 2.75) is 33.1 Å². The minimum atomic E-state index is -0.495. The fourth-order valence-corrected chi connectivity index (χ4v) is 2.34. The summed E-state index contributed by atoms with van der Waals surface area (Å²) in [6.07, 6.45) is 2.46. The Bertz CT molecular complexity index is 313. The maximum absolute atomic E-state index is 12.5. The number of carbonyl (C=O) groups excluding carboxylic acids is 2. The standard InChI is InChI=1S/C13H25N3O2/c1-4-13(2,9-14)12(18)16-7-5-6-10(8-16)11(17)15-3/h10H,4-9,14H2,1-3H3,(H,15,17). The molecule has 5 nitrogen and oxygen atoms in total. The zero-order valence-electron chi connectivity index (χ0n) is 11.7. The van der Waals surface area contributed by atoms with Gasteiger partial charge in [0.25, 0.3) is 0 Å². The summed E-state index contributed by atoms with van der Waals surface area (Å²) >= 11 is 0. The predicted molar refractivity (Wildman–Crippen MR) is 70.8 cm³/mol.